The molecule has 3 nitrogen and oxygen atoms in total. The summed E-state index contributed by atoms with van der Waals surface area (Å²) >= 11 is 0. The summed E-state index contributed by atoms with van der Waals surface area (Å²) in [6.45, 7) is 3.84. The average molecular weight is 251 g/mol. The van der Waals surface area contributed by atoms with E-state index in [9.17, 15) is 9.90 Å². The summed E-state index contributed by atoms with van der Waals surface area (Å²) in [7, 11) is 0. The Hall–Kier alpha value is -0.570. The molecule has 0 aromatic heterocycles. The van der Waals surface area contributed by atoms with E-state index in [1.807, 2.05) is 0 Å². The highest BCUT2D eigenvalue weighted by Gasteiger charge is 2.57. The lowest BCUT2D eigenvalue weighted by Crippen LogP contribution is -2.61. The Balaban J connectivity index is 1.59. The Morgan fingerprint density at radius 1 is 1.22 bits per heavy atom. The van der Waals surface area contributed by atoms with Crippen LogP contribution in [0.25, 0.3) is 0 Å². The molecule has 3 rings (SSSR count). The summed E-state index contributed by atoms with van der Waals surface area (Å²) in [5.41, 5.74) is -0.295. The second-order valence-electron chi connectivity index (χ2n) is 6.62. The minimum absolute atomic E-state index is 0.137. The first-order chi connectivity index (χ1) is 8.60. The van der Waals surface area contributed by atoms with Crippen LogP contribution in [-0.2, 0) is 4.79 Å². The summed E-state index contributed by atoms with van der Waals surface area (Å²) in [6, 6.07) is 0. The minimum Gasteiger partial charge on any atom is -0.389 e. The molecular weight excluding hydrogens is 226 g/mol. The summed E-state index contributed by atoms with van der Waals surface area (Å²) in [4.78, 5) is 14.3. The predicted molar refractivity (Wildman–Crippen MR) is 70.1 cm³/mol. The van der Waals surface area contributed by atoms with Crippen molar-refractivity contribution in [2.24, 2.45) is 11.3 Å². The molecule has 18 heavy (non-hydrogen) atoms. The van der Waals surface area contributed by atoms with Gasteiger partial charge in [0.1, 0.15) is 0 Å². The first kappa shape index (κ1) is 12.5. The van der Waals surface area contributed by atoms with Gasteiger partial charge in [-0.05, 0) is 44.9 Å². The number of amides is 1. The number of carbonyl (C=O) groups excluding carboxylic acids is 1. The fraction of sp³-hybridized carbons (Fsp3) is 0.933. The first-order valence-electron chi connectivity index (χ1n) is 7.61. The van der Waals surface area contributed by atoms with Gasteiger partial charge in [0.25, 0.3) is 0 Å². The molecular formula is C15H25NO2. The molecule has 2 aliphatic carbocycles. The van der Waals surface area contributed by atoms with E-state index < -0.39 is 5.60 Å². The van der Waals surface area contributed by atoms with Gasteiger partial charge in [-0.25, -0.2) is 0 Å². The normalized spacial score (nSPS) is 35.1. The first-order valence-corrected chi connectivity index (χ1v) is 7.61. The fourth-order valence-electron chi connectivity index (χ4n) is 4.10. The molecule has 1 spiro atoms. The molecule has 2 saturated carbocycles. The molecule has 3 fully saturated rings. The smallest absolute Gasteiger partial charge is 0.225 e. The zero-order chi connectivity index (χ0) is 12.8. The largest absolute Gasteiger partial charge is 0.389 e. The van der Waals surface area contributed by atoms with Crippen LogP contribution >= 0.6 is 0 Å². The van der Waals surface area contributed by atoms with E-state index in [-0.39, 0.29) is 5.41 Å². The third kappa shape index (κ3) is 1.63. The molecule has 3 heteroatoms. The zero-order valence-electron chi connectivity index (χ0n) is 11.5. The highest BCUT2D eigenvalue weighted by atomic mass is 16.3. The van der Waals surface area contributed by atoms with Gasteiger partial charge in [-0.15, -0.1) is 0 Å². The summed E-state index contributed by atoms with van der Waals surface area (Å²) in [5.74, 6) is 0.709. The molecule has 0 bridgehead atoms. The Morgan fingerprint density at radius 3 is 2.28 bits per heavy atom. The monoisotopic (exact) mass is 251 g/mol. The maximum absolute atomic E-state index is 12.2. The lowest BCUT2D eigenvalue weighted by atomic mass is 9.51. The molecule has 1 aliphatic heterocycles. The van der Waals surface area contributed by atoms with Gasteiger partial charge < -0.3 is 10.0 Å². The van der Waals surface area contributed by atoms with Gasteiger partial charge in [-0.1, -0.05) is 13.3 Å². The van der Waals surface area contributed by atoms with Crippen molar-refractivity contribution in [2.45, 2.75) is 63.9 Å². The molecule has 1 atom stereocenters. The average Bonchev–Trinajstić information content (AvgIpc) is 2.34. The third-order valence-electron chi connectivity index (χ3n) is 6.08. The van der Waals surface area contributed by atoms with Crippen molar-refractivity contribution in [1.82, 2.24) is 4.90 Å². The molecule has 102 valence electrons. The van der Waals surface area contributed by atoms with Gasteiger partial charge in [0.05, 0.1) is 5.60 Å². The van der Waals surface area contributed by atoms with Crippen molar-refractivity contribution < 1.29 is 9.90 Å². The number of rotatable bonds is 2. The van der Waals surface area contributed by atoms with E-state index in [0.717, 1.165) is 58.0 Å². The molecule has 3 aliphatic rings. The molecule has 1 unspecified atom stereocenters. The fourth-order valence-corrected chi connectivity index (χ4v) is 4.10. The maximum atomic E-state index is 12.2. The van der Waals surface area contributed by atoms with Gasteiger partial charge >= 0.3 is 0 Å². The van der Waals surface area contributed by atoms with Crippen molar-refractivity contribution in [3.05, 3.63) is 0 Å². The summed E-state index contributed by atoms with van der Waals surface area (Å²) in [6.07, 6.45) is 8.42. The zero-order valence-corrected chi connectivity index (χ0v) is 11.5. The summed E-state index contributed by atoms with van der Waals surface area (Å²) < 4.78 is 0. The number of likely N-dealkylation sites (tertiary alicyclic amines) is 1. The van der Waals surface area contributed by atoms with Crippen molar-refractivity contribution in [3.8, 4) is 0 Å². The second-order valence-corrected chi connectivity index (χ2v) is 6.62. The molecule has 0 aromatic carbocycles. The molecule has 1 saturated heterocycles. The van der Waals surface area contributed by atoms with E-state index in [2.05, 4.69) is 11.8 Å². The van der Waals surface area contributed by atoms with Crippen LogP contribution in [0.3, 0.4) is 0 Å². The van der Waals surface area contributed by atoms with E-state index in [4.69, 9.17) is 0 Å². The Kier molecular flexibility index (Phi) is 2.92. The Morgan fingerprint density at radius 2 is 1.89 bits per heavy atom. The molecule has 1 N–H and O–H groups in total. The van der Waals surface area contributed by atoms with Crippen LogP contribution in [0.15, 0.2) is 0 Å². The van der Waals surface area contributed by atoms with Crippen molar-refractivity contribution >= 4 is 5.91 Å². The number of nitrogens with zero attached hydrogens (tertiary/aromatic N) is 1. The number of carbonyl (C=O) groups is 1. The lowest BCUT2D eigenvalue weighted by Gasteiger charge is -2.59. The summed E-state index contributed by atoms with van der Waals surface area (Å²) in [5, 5.41) is 10.6. The maximum Gasteiger partial charge on any atom is 0.225 e. The van der Waals surface area contributed by atoms with Gasteiger partial charge in [0.2, 0.25) is 5.91 Å². The van der Waals surface area contributed by atoms with Crippen LogP contribution < -0.4 is 0 Å². The second kappa shape index (κ2) is 4.22. The third-order valence-corrected chi connectivity index (χ3v) is 6.08. The van der Waals surface area contributed by atoms with Crippen LogP contribution in [0.5, 0.6) is 0 Å². The van der Waals surface area contributed by atoms with Crippen LogP contribution in [0.1, 0.15) is 58.3 Å². The van der Waals surface area contributed by atoms with Crippen molar-refractivity contribution in [1.29, 1.82) is 0 Å². The van der Waals surface area contributed by atoms with Gasteiger partial charge in [-0.2, -0.15) is 0 Å². The number of piperidine rings is 1. The van der Waals surface area contributed by atoms with Gasteiger partial charge in [0.15, 0.2) is 0 Å². The van der Waals surface area contributed by atoms with E-state index >= 15 is 0 Å². The van der Waals surface area contributed by atoms with Crippen LogP contribution in [0.4, 0.5) is 0 Å². The Bertz CT molecular complexity index is 338. The number of hydrogen-bond acceptors (Lipinski definition) is 2. The van der Waals surface area contributed by atoms with Crippen LogP contribution in [-0.4, -0.2) is 34.6 Å². The molecule has 1 heterocycles. The minimum atomic E-state index is -0.432. The quantitative estimate of drug-likeness (QED) is 0.818. The highest BCUT2D eigenvalue weighted by Crippen LogP contribution is 2.57. The topological polar surface area (TPSA) is 40.5 Å². The van der Waals surface area contributed by atoms with Crippen LogP contribution in [0.2, 0.25) is 0 Å². The van der Waals surface area contributed by atoms with E-state index in [0.29, 0.717) is 11.8 Å². The SMILES string of the molecule is CCC1(O)CCC12CCN(C(=O)C1CCC1)CC2. The van der Waals surface area contributed by atoms with E-state index in [1.165, 1.54) is 6.42 Å². The number of aliphatic hydroxyl groups is 1. The van der Waals surface area contributed by atoms with Crippen molar-refractivity contribution in [2.75, 3.05) is 13.1 Å². The molecule has 0 radical (unpaired) electrons. The standard InChI is InChI=1S/C15H25NO2/c1-2-15(18)7-6-14(15)8-10-16(11-9-14)13(17)12-4-3-5-12/h12,18H,2-11H2,1H3. The molecule has 1 amide bonds. The van der Waals surface area contributed by atoms with Gasteiger partial charge in [0, 0.05) is 24.4 Å². The van der Waals surface area contributed by atoms with E-state index in [1.54, 1.807) is 0 Å². The lowest BCUT2D eigenvalue weighted by molar-refractivity contribution is -0.193. The Labute approximate surface area is 110 Å². The van der Waals surface area contributed by atoms with Crippen LogP contribution in [0, 0.1) is 11.3 Å². The highest BCUT2D eigenvalue weighted by molar-refractivity contribution is 5.79. The molecule has 0 aromatic rings. The predicted octanol–water partition coefficient (Wildman–Crippen LogP) is 2.33. The number of hydrogen-bond donors (Lipinski definition) is 1. The van der Waals surface area contributed by atoms with Gasteiger partial charge in [-0.3, -0.25) is 4.79 Å². The van der Waals surface area contributed by atoms with Crippen molar-refractivity contribution in [3.63, 3.8) is 0 Å².